The smallest absolute Gasteiger partial charge is 0.247 e. The quantitative estimate of drug-likeness (QED) is 0.736. The van der Waals surface area contributed by atoms with Crippen molar-refractivity contribution in [2.75, 3.05) is 18.0 Å². The molecule has 0 unspecified atom stereocenters. The molecular weight excluding hydrogens is 316 g/mol. The molecule has 3 aromatic rings. The molecule has 0 saturated carbocycles. The van der Waals surface area contributed by atoms with Crippen molar-refractivity contribution in [3.63, 3.8) is 0 Å². The van der Waals surface area contributed by atoms with Gasteiger partial charge in [0.25, 0.3) is 0 Å². The van der Waals surface area contributed by atoms with E-state index in [0.29, 0.717) is 30.4 Å². The van der Waals surface area contributed by atoms with E-state index in [-0.39, 0.29) is 17.1 Å². The van der Waals surface area contributed by atoms with Crippen LogP contribution in [0.1, 0.15) is 12.8 Å². The van der Waals surface area contributed by atoms with Gasteiger partial charge in [-0.15, -0.1) is 10.2 Å². The Bertz CT molecular complexity index is 874. The van der Waals surface area contributed by atoms with Crippen LogP contribution in [-0.2, 0) is 5.41 Å². The summed E-state index contributed by atoms with van der Waals surface area (Å²) in [6.07, 6.45) is 2.47. The van der Waals surface area contributed by atoms with E-state index in [1.165, 1.54) is 18.3 Å². The lowest BCUT2D eigenvalue weighted by atomic mass is 9.82. The van der Waals surface area contributed by atoms with E-state index in [4.69, 9.17) is 4.42 Å². The van der Waals surface area contributed by atoms with Gasteiger partial charge in [0, 0.05) is 18.7 Å². The van der Waals surface area contributed by atoms with Crippen molar-refractivity contribution < 1.29 is 13.2 Å². The Morgan fingerprint density at radius 3 is 2.67 bits per heavy atom. The number of aromatic nitrogens is 4. The number of nitrogens with zero attached hydrogens (tertiary/aromatic N) is 5. The van der Waals surface area contributed by atoms with Crippen LogP contribution in [0, 0.1) is 11.8 Å². The molecule has 0 spiro atoms. The molecule has 3 heterocycles. The van der Waals surface area contributed by atoms with Gasteiger partial charge < -0.3 is 9.32 Å². The molecule has 24 heavy (non-hydrogen) atoms. The highest BCUT2D eigenvalue weighted by atomic mass is 19.1. The molecular formula is C16H13F2N5O. The maximum Gasteiger partial charge on any atom is 0.247 e. The van der Waals surface area contributed by atoms with Gasteiger partial charge in [-0.2, -0.15) is 4.39 Å². The molecule has 1 aromatic carbocycles. The average molecular weight is 329 g/mol. The summed E-state index contributed by atoms with van der Waals surface area (Å²) in [5, 5.41) is 8.10. The molecule has 1 aliphatic heterocycles. The molecule has 1 aliphatic rings. The molecule has 0 N–H and O–H groups in total. The third-order valence-electron chi connectivity index (χ3n) is 4.02. The van der Waals surface area contributed by atoms with E-state index >= 15 is 0 Å². The molecule has 1 fully saturated rings. The zero-order valence-corrected chi connectivity index (χ0v) is 12.8. The molecule has 0 atom stereocenters. The predicted octanol–water partition coefficient (Wildman–Crippen LogP) is 2.58. The van der Waals surface area contributed by atoms with E-state index in [2.05, 4.69) is 20.2 Å². The van der Waals surface area contributed by atoms with Gasteiger partial charge in [-0.05, 0) is 25.1 Å². The number of rotatable bonds is 3. The van der Waals surface area contributed by atoms with Crippen LogP contribution in [0.5, 0.6) is 0 Å². The van der Waals surface area contributed by atoms with Crippen LogP contribution in [0.15, 0.2) is 41.1 Å². The third-order valence-corrected chi connectivity index (χ3v) is 4.02. The Morgan fingerprint density at radius 2 is 1.96 bits per heavy atom. The van der Waals surface area contributed by atoms with Crippen molar-refractivity contribution in [2.45, 2.75) is 12.3 Å². The molecule has 0 radical (unpaired) electrons. The molecule has 0 amide bonds. The highest BCUT2D eigenvalue weighted by Crippen LogP contribution is 2.36. The highest BCUT2D eigenvalue weighted by molar-refractivity contribution is 5.52. The van der Waals surface area contributed by atoms with Crippen molar-refractivity contribution in [3.05, 3.63) is 54.3 Å². The number of halogens is 2. The summed E-state index contributed by atoms with van der Waals surface area (Å²) in [4.78, 5) is 9.54. The molecule has 1 saturated heterocycles. The lowest BCUT2D eigenvalue weighted by Gasteiger charge is -2.46. The molecule has 6 nitrogen and oxygen atoms in total. The van der Waals surface area contributed by atoms with Crippen LogP contribution in [0.25, 0.3) is 11.5 Å². The second-order valence-electron chi connectivity index (χ2n) is 6.04. The second kappa shape index (κ2) is 5.33. The van der Waals surface area contributed by atoms with Crippen molar-refractivity contribution in [3.8, 4) is 11.5 Å². The highest BCUT2D eigenvalue weighted by Gasteiger charge is 2.45. The lowest BCUT2D eigenvalue weighted by molar-refractivity contribution is 0.283. The first kappa shape index (κ1) is 14.7. The zero-order chi connectivity index (χ0) is 16.7. The molecule has 8 heteroatoms. The number of hydrogen-bond donors (Lipinski definition) is 0. The summed E-state index contributed by atoms with van der Waals surface area (Å²) in [5.41, 5.74) is 0.201. The fourth-order valence-electron chi connectivity index (χ4n) is 2.77. The molecule has 2 aromatic heterocycles. The van der Waals surface area contributed by atoms with Crippen LogP contribution in [0.3, 0.4) is 0 Å². The van der Waals surface area contributed by atoms with Crippen molar-refractivity contribution in [2.24, 2.45) is 0 Å². The third kappa shape index (κ3) is 2.49. The standard InChI is InChI=1S/C16H13F2N5O/c1-16(8-23(9-16)13-7-19-12(18)6-20-13)15-22-21-14(24-15)10-3-2-4-11(17)5-10/h2-7H,8-9H2,1H3. The minimum atomic E-state index is -0.612. The van der Waals surface area contributed by atoms with E-state index in [1.54, 1.807) is 12.1 Å². The minimum absolute atomic E-state index is 0.283. The topological polar surface area (TPSA) is 67.9 Å². The summed E-state index contributed by atoms with van der Waals surface area (Å²) in [5.74, 6) is 0.388. The van der Waals surface area contributed by atoms with E-state index in [9.17, 15) is 8.78 Å². The van der Waals surface area contributed by atoms with Gasteiger partial charge in [-0.3, -0.25) is 0 Å². The van der Waals surface area contributed by atoms with Gasteiger partial charge >= 0.3 is 0 Å². The summed E-state index contributed by atoms with van der Waals surface area (Å²) in [7, 11) is 0. The SMILES string of the molecule is CC1(c2nnc(-c3cccc(F)c3)o2)CN(c2cnc(F)cn2)C1. The van der Waals surface area contributed by atoms with E-state index in [1.807, 2.05) is 11.8 Å². The van der Waals surface area contributed by atoms with Gasteiger partial charge in [0.15, 0.2) is 0 Å². The van der Waals surface area contributed by atoms with Crippen LogP contribution >= 0.6 is 0 Å². The van der Waals surface area contributed by atoms with Gasteiger partial charge in [-0.1, -0.05) is 6.07 Å². The summed E-state index contributed by atoms with van der Waals surface area (Å²) in [6.45, 7) is 3.18. The van der Waals surface area contributed by atoms with Gasteiger partial charge in [-0.25, -0.2) is 14.4 Å². The molecule has 0 bridgehead atoms. The molecule has 122 valence electrons. The predicted molar refractivity (Wildman–Crippen MR) is 81.2 cm³/mol. The Hall–Kier alpha value is -2.90. The van der Waals surface area contributed by atoms with E-state index < -0.39 is 5.95 Å². The Balaban J connectivity index is 1.52. The van der Waals surface area contributed by atoms with Gasteiger partial charge in [0.2, 0.25) is 17.7 Å². The first-order valence-electron chi connectivity index (χ1n) is 7.36. The Kier molecular flexibility index (Phi) is 3.26. The largest absolute Gasteiger partial charge is 0.420 e. The fraction of sp³-hybridized carbons (Fsp3) is 0.250. The number of hydrogen-bond acceptors (Lipinski definition) is 6. The van der Waals surface area contributed by atoms with Gasteiger partial charge in [0.1, 0.15) is 11.6 Å². The maximum absolute atomic E-state index is 13.3. The van der Waals surface area contributed by atoms with Crippen LogP contribution < -0.4 is 4.90 Å². The van der Waals surface area contributed by atoms with Crippen LogP contribution in [0.4, 0.5) is 14.6 Å². The number of anilines is 1. The second-order valence-corrected chi connectivity index (χ2v) is 6.04. The monoisotopic (exact) mass is 329 g/mol. The first-order valence-corrected chi connectivity index (χ1v) is 7.36. The van der Waals surface area contributed by atoms with Crippen LogP contribution in [0.2, 0.25) is 0 Å². The summed E-state index contributed by atoms with van der Waals surface area (Å²) < 4.78 is 31.9. The van der Waals surface area contributed by atoms with Crippen molar-refractivity contribution in [1.82, 2.24) is 20.2 Å². The maximum atomic E-state index is 13.3. The molecule has 0 aliphatic carbocycles. The average Bonchev–Trinajstić information content (AvgIpc) is 3.03. The Labute approximate surface area is 136 Å². The first-order chi connectivity index (χ1) is 11.5. The summed E-state index contributed by atoms with van der Waals surface area (Å²) in [6, 6.07) is 6.01. The minimum Gasteiger partial charge on any atom is -0.420 e. The molecule has 4 rings (SSSR count). The van der Waals surface area contributed by atoms with E-state index in [0.717, 1.165) is 6.20 Å². The number of benzene rings is 1. The van der Waals surface area contributed by atoms with Crippen molar-refractivity contribution >= 4 is 5.82 Å². The van der Waals surface area contributed by atoms with Gasteiger partial charge in [0.05, 0.1) is 17.8 Å². The van der Waals surface area contributed by atoms with Crippen LogP contribution in [-0.4, -0.2) is 33.3 Å². The fourth-order valence-corrected chi connectivity index (χ4v) is 2.77. The summed E-state index contributed by atoms with van der Waals surface area (Å²) >= 11 is 0. The normalized spacial score (nSPS) is 16.0. The lowest BCUT2D eigenvalue weighted by Crippen LogP contribution is -2.58. The Morgan fingerprint density at radius 1 is 1.12 bits per heavy atom. The van der Waals surface area contributed by atoms with Crippen molar-refractivity contribution in [1.29, 1.82) is 0 Å². The zero-order valence-electron chi connectivity index (χ0n) is 12.8.